The van der Waals surface area contributed by atoms with Crippen LogP contribution in [0.5, 0.6) is 5.88 Å². The van der Waals surface area contributed by atoms with Crippen LogP contribution in [0.25, 0.3) is 5.69 Å². The Kier molecular flexibility index (Phi) is 4.45. The van der Waals surface area contributed by atoms with Crippen molar-refractivity contribution in [2.45, 2.75) is 26.2 Å². The van der Waals surface area contributed by atoms with Crippen LogP contribution < -0.4 is 11.2 Å². The summed E-state index contributed by atoms with van der Waals surface area (Å²) < 4.78 is 1.02. The lowest BCUT2D eigenvalue weighted by molar-refractivity contribution is 0.430. The molecule has 28 heavy (non-hydrogen) atoms. The van der Waals surface area contributed by atoms with Gasteiger partial charge >= 0.3 is 5.69 Å². The van der Waals surface area contributed by atoms with Gasteiger partial charge in [-0.25, -0.2) is 14.4 Å². The molecule has 2 N–H and O–H groups in total. The number of benzene rings is 1. The van der Waals surface area contributed by atoms with Crippen LogP contribution in [0, 0.1) is 18.3 Å². The molecule has 140 valence electrons. The lowest BCUT2D eigenvalue weighted by Gasteiger charge is -2.09. The summed E-state index contributed by atoms with van der Waals surface area (Å²) >= 11 is 1.43. The second-order valence-electron chi connectivity index (χ2n) is 6.58. The Morgan fingerprint density at radius 1 is 1.29 bits per heavy atom. The Morgan fingerprint density at radius 3 is 2.75 bits per heavy atom. The third kappa shape index (κ3) is 2.96. The Hall–Kier alpha value is -3.44. The SMILES string of the molecule is Cc1ccc(-n2c(O)c(/C=N/c3sc4c(c3C#N)CCC4)c(=O)[nH]c2=O)cc1. The quantitative estimate of drug-likeness (QED) is 0.668. The van der Waals surface area contributed by atoms with E-state index in [1.807, 2.05) is 6.92 Å². The van der Waals surface area contributed by atoms with Crippen molar-refractivity contribution in [3.05, 3.63) is 72.2 Å². The smallest absolute Gasteiger partial charge is 0.335 e. The van der Waals surface area contributed by atoms with Gasteiger partial charge in [0.05, 0.1) is 11.3 Å². The minimum atomic E-state index is -0.740. The zero-order valence-corrected chi connectivity index (χ0v) is 15.8. The van der Waals surface area contributed by atoms with Gasteiger partial charge in [-0.05, 0) is 43.9 Å². The minimum absolute atomic E-state index is 0.141. The first-order chi connectivity index (χ1) is 13.5. The molecule has 0 saturated carbocycles. The molecule has 2 heterocycles. The van der Waals surface area contributed by atoms with Crippen LogP contribution in [0.3, 0.4) is 0 Å². The zero-order valence-electron chi connectivity index (χ0n) is 15.0. The number of rotatable bonds is 3. The number of H-pyrrole nitrogens is 1. The van der Waals surface area contributed by atoms with E-state index in [4.69, 9.17) is 0 Å². The summed E-state index contributed by atoms with van der Waals surface area (Å²) in [4.78, 5) is 32.1. The van der Waals surface area contributed by atoms with Gasteiger partial charge in [0.1, 0.15) is 16.6 Å². The molecule has 0 radical (unpaired) electrons. The monoisotopic (exact) mass is 392 g/mol. The van der Waals surface area contributed by atoms with Gasteiger partial charge in [0.25, 0.3) is 5.56 Å². The van der Waals surface area contributed by atoms with Crippen LogP contribution in [0.1, 0.15) is 33.6 Å². The van der Waals surface area contributed by atoms with Gasteiger partial charge in [0.2, 0.25) is 5.88 Å². The lowest BCUT2D eigenvalue weighted by Crippen LogP contribution is -2.31. The molecule has 3 aromatic rings. The van der Waals surface area contributed by atoms with Gasteiger partial charge < -0.3 is 5.11 Å². The largest absolute Gasteiger partial charge is 0.493 e. The van der Waals surface area contributed by atoms with E-state index in [-0.39, 0.29) is 5.56 Å². The summed E-state index contributed by atoms with van der Waals surface area (Å²) in [6.07, 6.45) is 4.02. The molecule has 8 heteroatoms. The summed E-state index contributed by atoms with van der Waals surface area (Å²) in [7, 11) is 0. The molecule has 7 nitrogen and oxygen atoms in total. The first-order valence-electron chi connectivity index (χ1n) is 8.73. The fourth-order valence-electron chi connectivity index (χ4n) is 3.31. The van der Waals surface area contributed by atoms with Crippen LogP contribution in [-0.2, 0) is 12.8 Å². The summed E-state index contributed by atoms with van der Waals surface area (Å²) in [6.45, 7) is 1.91. The third-order valence-electron chi connectivity index (χ3n) is 4.74. The van der Waals surface area contributed by atoms with E-state index < -0.39 is 17.1 Å². The number of aryl methyl sites for hydroxylation is 2. The molecule has 0 bridgehead atoms. The Morgan fingerprint density at radius 2 is 2.04 bits per heavy atom. The number of nitrogens with zero attached hydrogens (tertiary/aromatic N) is 3. The highest BCUT2D eigenvalue weighted by atomic mass is 32.1. The Bertz CT molecular complexity index is 1260. The number of hydrogen-bond donors (Lipinski definition) is 2. The standard InChI is InChI=1S/C20H16N4O3S/c1-11-5-7-12(8-6-11)24-19(26)15(17(25)23-20(24)27)10-22-18-14(9-21)13-3-2-4-16(13)28-18/h5-8,10,26H,2-4H2,1H3,(H,23,25,27)/b22-10+. The fourth-order valence-corrected chi connectivity index (χ4v) is 4.49. The molecular formula is C20H16N4O3S. The van der Waals surface area contributed by atoms with Crippen molar-refractivity contribution in [1.29, 1.82) is 5.26 Å². The normalized spacial score (nSPS) is 13.0. The van der Waals surface area contributed by atoms with E-state index in [0.29, 0.717) is 16.3 Å². The molecule has 0 fully saturated rings. The molecular weight excluding hydrogens is 376 g/mol. The minimum Gasteiger partial charge on any atom is -0.493 e. The number of aromatic amines is 1. The van der Waals surface area contributed by atoms with E-state index in [0.717, 1.165) is 39.8 Å². The zero-order chi connectivity index (χ0) is 19.8. The van der Waals surface area contributed by atoms with Crippen molar-refractivity contribution < 1.29 is 5.11 Å². The topological polar surface area (TPSA) is 111 Å². The van der Waals surface area contributed by atoms with Crippen molar-refractivity contribution in [1.82, 2.24) is 9.55 Å². The van der Waals surface area contributed by atoms with Crippen molar-refractivity contribution in [3.8, 4) is 17.6 Å². The summed E-state index contributed by atoms with van der Waals surface area (Å²) in [6, 6.07) is 9.13. The van der Waals surface area contributed by atoms with E-state index in [2.05, 4.69) is 16.0 Å². The number of thiophene rings is 1. The highest BCUT2D eigenvalue weighted by Gasteiger charge is 2.22. The van der Waals surface area contributed by atoms with Crippen molar-refractivity contribution in [2.24, 2.45) is 4.99 Å². The van der Waals surface area contributed by atoms with E-state index in [9.17, 15) is 20.0 Å². The molecule has 0 spiro atoms. The molecule has 4 rings (SSSR count). The summed E-state index contributed by atoms with van der Waals surface area (Å²) in [5.74, 6) is -0.496. The molecule has 0 atom stereocenters. The average Bonchev–Trinajstić information content (AvgIpc) is 3.23. The predicted molar refractivity (Wildman–Crippen MR) is 107 cm³/mol. The van der Waals surface area contributed by atoms with Crippen LogP contribution >= 0.6 is 11.3 Å². The van der Waals surface area contributed by atoms with Crippen molar-refractivity contribution in [2.75, 3.05) is 0 Å². The summed E-state index contributed by atoms with van der Waals surface area (Å²) in [5, 5.41) is 20.5. The number of fused-ring (bicyclic) bond motifs is 1. The van der Waals surface area contributed by atoms with E-state index >= 15 is 0 Å². The molecule has 0 amide bonds. The molecule has 0 aliphatic heterocycles. The second-order valence-corrected chi connectivity index (χ2v) is 7.66. The first kappa shape index (κ1) is 17.9. The van der Waals surface area contributed by atoms with Gasteiger partial charge in [-0.3, -0.25) is 9.78 Å². The van der Waals surface area contributed by atoms with E-state index in [1.165, 1.54) is 17.6 Å². The summed E-state index contributed by atoms with van der Waals surface area (Å²) in [5.41, 5.74) is 1.36. The predicted octanol–water partition coefficient (Wildman–Crippen LogP) is 2.71. The van der Waals surface area contributed by atoms with Crippen LogP contribution in [0.15, 0.2) is 38.8 Å². The molecule has 1 aliphatic carbocycles. The van der Waals surface area contributed by atoms with Crippen LogP contribution in [-0.4, -0.2) is 20.9 Å². The lowest BCUT2D eigenvalue weighted by atomic mass is 10.1. The van der Waals surface area contributed by atoms with Gasteiger partial charge in [0.15, 0.2) is 0 Å². The van der Waals surface area contributed by atoms with Crippen LogP contribution in [0.2, 0.25) is 0 Å². The average molecular weight is 392 g/mol. The Labute approximate surface area is 163 Å². The van der Waals surface area contributed by atoms with Crippen molar-refractivity contribution >= 4 is 22.6 Å². The van der Waals surface area contributed by atoms with E-state index in [1.54, 1.807) is 24.3 Å². The van der Waals surface area contributed by atoms with Crippen LogP contribution in [0.4, 0.5) is 5.00 Å². The first-order valence-corrected chi connectivity index (χ1v) is 9.55. The number of hydrogen-bond acceptors (Lipinski definition) is 6. The maximum absolute atomic E-state index is 12.2. The fraction of sp³-hybridized carbons (Fsp3) is 0.200. The number of nitrogens with one attached hydrogen (secondary N) is 1. The number of aromatic hydroxyl groups is 1. The number of aromatic nitrogens is 2. The van der Waals surface area contributed by atoms with Gasteiger partial charge in [-0.1, -0.05) is 17.7 Å². The highest BCUT2D eigenvalue weighted by Crippen LogP contribution is 2.40. The van der Waals surface area contributed by atoms with Crippen molar-refractivity contribution in [3.63, 3.8) is 0 Å². The molecule has 1 aliphatic rings. The van der Waals surface area contributed by atoms with Gasteiger partial charge in [-0.15, -0.1) is 11.3 Å². The Balaban J connectivity index is 1.81. The maximum Gasteiger partial charge on any atom is 0.335 e. The molecule has 2 aromatic heterocycles. The molecule has 1 aromatic carbocycles. The molecule has 0 unspecified atom stereocenters. The maximum atomic E-state index is 12.2. The van der Waals surface area contributed by atoms with Gasteiger partial charge in [0, 0.05) is 11.1 Å². The molecule has 0 saturated heterocycles. The third-order valence-corrected chi connectivity index (χ3v) is 5.94. The number of aliphatic imine (C=N–C) groups is 1. The second kappa shape index (κ2) is 6.94. The highest BCUT2D eigenvalue weighted by molar-refractivity contribution is 7.16. The van der Waals surface area contributed by atoms with Gasteiger partial charge in [-0.2, -0.15) is 5.26 Å². The number of nitriles is 1.